The van der Waals surface area contributed by atoms with E-state index in [2.05, 4.69) is 10.7 Å². The van der Waals surface area contributed by atoms with E-state index in [-0.39, 0.29) is 17.0 Å². The molecular weight excluding hydrogens is 466 g/mol. The van der Waals surface area contributed by atoms with Crippen LogP contribution in [0.4, 0.5) is 4.79 Å². The van der Waals surface area contributed by atoms with Gasteiger partial charge < -0.3 is 15.2 Å². The van der Waals surface area contributed by atoms with Crippen molar-refractivity contribution >= 4 is 12.0 Å². The van der Waals surface area contributed by atoms with Crippen LogP contribution in [-0.2, 0) is 17.7 Å². The Balaban J connectivity index is 1.85. The highest BCUT2D eigenvalue weighted by atomic mass is 16.6. The van der Waals surface area contributed by atoms with Crippen molar-refractivity contribution in [3.63, 3.8) is 0 Å². The summed E-state index contributed by atoms with van der Waals surface area (Å²) in [6.07, 6.45) is -1.19. The van der Waals surface area contributed by atoms with Crippen molar-refractivity contribution in [3.05, 3.63) is 108 Å². The molecular formula is C30H38N3O4+. The molecule has 0 aliphatic carbocycles. The molecule has 0 bridgehead atoms. The van der Waals surface area contributed by atoms with Crippen LogP contribution in [0.25, 0.3) is 0 Å². The third-order valence-electron chi connectivity index (χ3n) is 5.84. The first-order chi connectivity index (χ1) is 17.5. The van der Waals surface area contributed by atoms with Gasteiger partial charge in [0, 0.05) is 11.1 Å². The summed E-state index contributed by atoms with van der Waals surface area (Å²) in [4.78, 5) is 25.8. The molecule has 0 aliphatic rings. The summed E-state index contributed by atoms with van der Waals surface area (Å²) < 4.78 is 5.50. The summed E-state index contributed by atoms with van der Waals surface area (Å²) in [7, 11) is 1.87. The van der Waals surface area contributed by atoms with Gasteiger partial charge >= 0.3 is 6.09 Å². The standard InChI is InChI=1S/C30H37N3O4/c1-30(2,3)37-29(36)31-26(20-23-14-8-5-9-15-23)27(34)22-33(4,21-24-16-10-6-11-17-24)32-28(35)25-18-12-7-13-19-25/h5-19,26-27,34H,20-22H2,1-4H3,(H-,31,32,35,36)/p+1/t26?,27-,33-/m0/s1. The number of carbonyl (C=O) groups is 2. The van der Waals surface area contributed by atoms with Crippen molar-refractivity contribution in [2.75, 3.05) is 13.6 Å². The molecule has 7 nitrogen and oxygen atoms in total. The first kappa shape index (κ1) is 27.9. The number of hydrogen-bond acceptors (Lipinski definition) is 4. The number of aliphatic hydroxyl groups is 1. The smallest absolute Gasteiger partial charge is 0.407 e. The SMILES string of the molecule is CC(C)(C)OC(=O)NC(Cc1ccccc1)[C@@H](O)C[N@+](C)(Cc1ccccc1)NC(=O)c1ccccc1. The molecule has 3 aromatic carbocycles. The van der Waals surface area contributed by atoms with E-state index < -0.39 is 23.8 Å². The van der Waals surface area contributed by atoms with Crippen LogP contribution in [0.2, 0.25) is 0 Å². The molecule has 0 fully saturated rings. The molecule has 0 radical (unpaired) electrons. The lowest BCUT2D eigenvalue weighted by Gasteiger charge is -2.37. The van der Waals surface area contributed by atoms with Crippen molar-refractivity contribution in [3.8, 4) is 0 Å². The van der Waals surface area contributed by atoms with Crippen LogP contribution >= 0.6 is 0 Å². The van der Waals surface area contributed by atoms with Gasteiger partial charge in [-0.15, -0.1) is 0 Å². The first-order valence-electron chi connectivity index (χ1n) is 12.5. The molecule has 3 N–H and O–H groups in total. The number of hydrogen-bond donors (Lipinski definition) is 3. The molecule has 2 amide bonds. The molecule has 0 heterocycles. The van der Waals surface area contributed by atoms with Crippen molar-refractivity contribution in [2.45, 2.75) is 51.5 Å². The van der Waals surface area contributed by atoms with Gasteiger partial charge in [0.1, 0.15) is 24.8 Å². The molecule has 3 atom stereocenters. The molecule has 3 rings (SSSR count). The number of quaternary nitrogens is 1. The van der Waals surface area contributed by atoms with E-state index in [1.807, 2.05) is 85.9 Å². The minimum absolute atomic E-state index is 0.0280. The van der Waals surface area contributed by atoms with Gasteiger partial charge in [-0.1, -0.05) is 78.9 Å². The zero-order valence-electron chi connectivity index (χ0n) is 22.1. The Bertz CT molecular complexity index is 1130. The second kappa shape index (κ2) is 12.5. The summed E-state index contributed by atoms with van der Waals surface area (Å²) in [6.45, 7) is 5.98. The fraction of sp³-hybridized carbons (Fsp3) is 0.333. The lowest BCUT2D eigenvalue weighted by atomic mass is 10.0. The second-order valence-corrected chi connectivity index (χ2v) is 10.5. The van der Waals surface area contributed by atoms with Crippen LogP contribution in [-0.4, -0.2) is 53.0 Å². The third-order valence-corrected chi connectivity index (χ3v) is 5.84. The van der Waals surface area contributed by atoms with E-state index in [4.69, 9.17) is 4.74 Å². The topological polar surface area (TPSA) is 87.7 Å². The summed E-state index contributed by atoms with van der Waals surface area (Å²) in [5, 5.41) is 14.3. The molecule has 37 heavy (non-hydrogen) atoms. The average Bonchev–Trinajstić information content (AvgIpc) is 2.84. The zero-order valence-corrected chi connectivity index (χ0v) is 22.1. The molecule has 196 valence electrons. The Kier molecular flexibility index (Phi) is 9.44. The molecule has 3 aromatic rings. The number of likely N-dealkylation sites (N-methyl/N-ethyl adjacent to an activating group) is 1. The van der Waals surface area contributed by atoms with Gasteiger partial charge in [-0.2, -0.15) is 5.43 Å². The van der Waals surface area contributed by atoms with Crippen LogP contribution in [0.5, 0.6) is 0 Å². The maximum Gasteiger partial charge on any atom is 0.407 e. The van der Waals surface area contributed by atoms with E-state index in [1.165, 1.54) is 0 Å². The quantitative estimate of drug-likeness (QED) is 0.281. The minimum atomic E-state index is -0.988. The maximum absolute atomic E-state index is 13.1. The lowest BCUT2D eigenvalue weighted by molar-refractivity contribution is -0.958. The average molecular weight is 505 g/mol. The maximum atomic E-state index is 13.1. The number of nitrogens with zero attached hydrogens (tertiary/aromatic N) is 1. The monoisotopic (exact) mass is 504 g/mol. The van der Waals surface area contributed by atoms with Crippen LogP contribution < -0.4 is 10.7 Å². The van der Waals surface area contributed by atoms with E-state index >= 15 is 0 Å². The van der Waals surface area contributed by atoms with Gasteiger partial charge in [0.15, 0.2) is 0 Å². The molecule has 7 heteroatoms. The lowest BCUT2D eigenvalue weighted by Crippen LogP contribution is -2.62. The Morgan fingerprint density at radius 1 is 0.865 bits per heavy atom. The summed E-state index contributed by atoms with van der Waals surface area (Å²) in [6, 6.07) is 27.8. The number of aliphatic hydroxyl groups excluding tert-OH is 1. The predicted molar refractivity (Wildman–Crippen MR) is 144 cm³/mol. The van der Waals surface area contributed by atoms with Gasteiger partial charge in [-0.25, -0.2) is 9.39 Å². The molecule has 0 spiro atoms. The Morgan fingerprint density at radius 3 is 1.92 bits per heavy atom. The van der Waals surface area contributed by atoms with Crippen LogP contribution in [0.15, 0.2) is 91.0 Å². The van der Waals surface area contributed by atoms with Gasteiger partial charge in [-0.05, 0) is 44.9 Å². The van der Waals surface area contributed by atoms with Crippen LogP contribution in [0.3, 0.4) is 0 Å². The van der Waals surface area contributed by atoms with E-state index in [0.29, 0.717) is 18.5 Å². The Morgan fingerprint density at radius 2 is 1.38 bits per heavy atom. The van der Waals surface area contributed by atoms with Gasteiger partial charge in [0.05, 0.1) is 13.1 Å². The molecule has 1 unspecified atom stereocenters. The zero-order chi connectivity index (χ0) is 26.9. The van der Waals surface area contributed by atoms with E-state index in [0.717, 1.165) is 11.1 Å². The number of nitrogens with one attached hydrogen (secondary N) is 2. The van der Waals surface area contributed by atoms with Crippen molar-refractivity contribution in [1.29, 1.82) is 0 Å². The minimum Gasteiger partial charge on any atom is -0.444 e. The number of amides is 2. The highest BCUT2D eigenvalue weighted by molar-refractivity contribution is 5.93. The largest absolute Gasteiger partial charge is 0.444 e. The summed E-state index contributed by atoms with van der Waals surface area (Å²) >= 11 is 0. The molecule has 0 saturated carbocycles. The summed E-state index contributed by atoms with van der Waals surface area (Å²) in [5.41, 5.74) is 4.92. The van der Waals surface area contributed by atoms with Gasteiger partial charge in [0.2, 0.25) is 0 Å². The van der Waals surface area contributed by atoms with Crippen molar-refractivity contribution in [2.24, 2.45) is 0 Å². The number of carbonyl (C=O) groups excluding carboxylic acids is 2. The Labute approximate surface area is 219 Å². The van der Waals surface area contributed by atoms with Gasteiger partial charge in [0.25, 0.3) is 5.91 Å². The molecule has 0 aromatic heterocycles. The van der Waals surface area contributed by atoms with E-state index in [9.17, 15) is 14.7 Å². The van der Waals surface area contributed by atoms with Crippen molar-refractivity contribution in [1.82, 2.24) is 10.7 Å². The van der Waals surface area contributed by atoms with Crippen molar-refractivity contribution < 1.29 is 24.0 Å². The highest BCUT2D eigenvalue weighted by Crippen LogP contribution is 2.16. The normalized spacial score (nSPS) is 14.6. The highest BCUT2D eigenvalue weighted by Gasteiger charge is 2.34. The number of alkyl carbamates (subject to hydrolysis) is 1. The van der Waals surface area contributed by atoms with Crippen LogP contribution in [0.1, 0.15) is 42.3 Å². The molecule has 0 aliphatic heterocycles. The fourth-order valence-corrected chi connectivity index (χ4v) is 4.19. The first-order valence-corrected chi connectivity index (χ1v) is 12.5. The number of ether oxygens (including phenoxy) is 1. The fourth-order valence-electron chi connectivity index (χ4n) is 4.19. The van der Waals surface area contributed by atoms with Crippen LogP contribution in [0, 0.1) is 0 Å². The number of rotatable bonds is 10. The third kappa shape index (κ3) is 9.37. The van der Waals surface area contributed by atoms with E-state index in [1.54, 1.807) is 32.9 Å². The Hall–Kier alpha value is -3.68. The second-order valence-electron chi connectivity index (χ2n) is 10.5. The molecule has 0 saturated heterocycles. The number of benzene rings is 3. The van der Waals surface area contributed by atoms with Gasteiger partial charge in [-0.3, -0.25) is 4.79 Å². The predicted octanol–water partition coefficient (Wildman–Crippen LogP) is 4.48. The summed E-state index contributed by atoms with van der Waals surface area (Å²) in [5.74, 6) is -0.244.